The Morgan fingerprint density at radius 2 is 2.18 bits per heavy atom. The van der Waals surface area contributed by atoms with Crippen LogP contribution in [-0.2, 0) is 6.54 Å². The fraction of sp³-hybridized carbons (Fsp3) is 0.0769. The third-order valence-corrected chi connectivity index (χ3v) is 2.56. The van der Waals surface area contributed by atoms with E-state index >= 15 is 0 Å². The Morgan fingerprint density at radius 3 is 2.88 bits per heavy atom. The van der Waals surface area contributed by atoms with Crippen molar-refractivity contribution in [3.63, 3.8) is 0 Å². The van der Waals surface area contributed by atoms with Crippen molar-refractivity contribution in [1.29, 1.82) is 0 Å². The largest absolute Gasteiger partial charge is 0.348 e. The number of rotatable bonds is 3. The first-order valence-corrected chi connectivity index (χ1v) is 5.66. The van der Waals surface area contributed by atoms with Gasteiger partial charge in [0.2, 0.25) is 0 Å². The Morgan fingerprint density at radius 1 is 1.29 bits per heavy atom. The zero-order valence-electron chi connectivity index (χ0n) is 9.13. The Hall–Kier alpha value is -1.81. The number of pyridine rings is 1. The minimum absolute atomic E-state index is 0.107. The molecule has 17 heavy (non-hydrogen) atoms. The first kappa shape index (κ1) is 11.7. The minimum Gasteiger partial charge on any atom is -0.348 e. The predicted molar refractivity (Wildman–Crippen MR) is 69.1 cm³/mol. The van der Waals surface area contributed by atoms with Gasteiger partial charge in [-0.05, 0) is 29.8 Å². The summed E-state index contributed by atoms with van der Waals surface area (Å²) >= 11 is 4.20. The van der Waals surface area contributed by atoms with E-state index in [1.54, 1.807) is 30.6 Å². The number of nitrogens with zero attached hydrogens (tertiary/aromatic N) is 1. The van der Waals surface area contributed by atoms with E-state index < -0.39 is 0 Å². The lowest BCUT2D eigenvalue weighted by Gasteiger charge is -2.05. The van der Waals surface area contributed by atoms with Crippen LogP contribution in [0, 0.1) is 0 Å². The molecule has 0 fully saturated rings. The zero-order valence-corrected chi connectivity index (χ0v) is 10.0. The summed E-state index contributed by atoms with van der Waals surface area (Å²) in [6.45, 7) is 0.476. The molecular formula is C13H12N2OS. The molecule has 0 atom stereocenters. The number of thiol groups is 1. The standard InChI is InChI=1S/C13H12N2OS/c16-13(11-4-1-5-12(17)7-11)15-9-10-3-2-6-14-8-10/h1-8,17H,9H2,(H,15,16). The fourth-order valence-electron chi connectivity index (χ4n) is 1.43. The molecule has 1 heterocycles. The molecule has 0 spiro atoms. The molecule has 1 N–H and O–H groups in total. The van der Waals surface area contributed by atoms with Gasteiger partial charge in [0.05, 0.1) is 0 Å². The third-order valence-electron chi connectivity index (χ3n) is 2.28. The number of benzene rings is 1. The van der Waals surface area contributed by atoms with Gasteiger partial charge in [-0.25, -0.2) is 0 Å². The van der Waals surface area contributed by atoms with Gasteiger partial charge < -0.3 is 5.32 Å². The normalized spacial score (nSPS) is 9.94. The highest BCUT2D eigenvalue weighted by atomic mass is 32.1. The van der Waals surface area contributed by atoms with Gasteiger partial charge in [-0.1, -0.05) is 12.1 Å². The molecule has 1 amide bonds. The van der Waals surface area contributed by atoms with E-state index in [2.05, 4.69) is 22.9 Å². The van der Waals surface area contributed by atoms with E-state index in [1.165, 1.54) is 0 Å². The van der Waals surface area contributed by atoms with Crippen molar-refractivity contribution in [2.75, 3.05) is 0 Å². The van der Waals surface area contributed by atoms with E-state index in [4.69, 9.17) is 0 Å². The highest BCUT2D eigenvalue weighted by Crippen LogP contribution is 2.08. The lowest BCUT2D eigenvalue weighted by Crippen LogP contribution is -2.22. The maximum absolute atomic E-state index is 11.8. The fourth-order valence-corrected chi connectivity index (χ4v) is 1.66. The lowest BCUT2D eigenvalue weighted by molar-refractivity contribution is 0.0950. The third kappa shape index (κ3) is 3.32. The second-order valence-electron chi connectivity index (χ2n) is 3.59. The smallest absolute Gasteiger partial charge is 0.251 e. The van der Waals surface area contributed by atoms with E-state index in [0.717, 1.165) is 10.5 Å². The molecule has 0 aliphatic rings. The predicted octanol–water partition coefficient (Wildman–Crippen LogP) is 2.30. The van der Waals surface area contributed by atoms with Gasteiger partial charge in [0.15, 0.2) is 0 Å². The van der Waals surface area contributed by atoms with Gasteiger partial charge in [-0.2, -0.15) is 0 Å². The maximum atomic E-state index is 11.8. The molecule has 2 aromatic rings. The molecule has 86 valence electrons. The van der Waals surface area contributed by atoms with Crippen LogP contribution >= 0.6 is 12.6 Å². The van der Waals surface area contributed by atoms with Gasteiger partial charge in [0, 0.05) is 29.4 Å². The van der Waals surface area contributed by atoms with E-state index in [1.807, 2.05) is 18.2 Å². The van der Waals surface area contributed by atoms with Crippen LogP contribution in [0.25, 0.3) is 0 Å². The molecule has 0 saturated carbocycles. The van der Waals surface area contributed by atoms with Crippen molar-refractivity contribution < 1.29 is 4.79 Å². The monoisotopic (exact) mass is 244 g/mol. The number of nitrogens with one attached hydrogen (secondary N) is 1. The summed E-state index contributed by atoms with van der Waals surface area (Å²) in [5, 5.41) is 2.83. The quantitative estimate of drug-likeness (QED) is 0.813. The summed E-state index contributed by atoms with van der Waals surface area (Å²) in [7, 11) is 0. The summed E-state index contributed by atoms with van der Waals surface area (Å²) in [6.07, 6.45) is 3.44. The minimum atomic E-state index is -0.107. The molecule has 4 heteroatoms. The molecule has 0 radical (unpaired) electrons. The molecule has 2 rings (SSSR count). The van der Waals surface area contributed by atoms with Crippen LogP contribution in [-0.4, -0.2) is 10.9 Å². The summed E-state index contributed by atoms with van der Waals surface area (Å²) in [4.78, 5) is 16.6. The van der Waals surface area contributed by atoms with Gasteiger partial charge in [-0.3, -0.25) is 9.78 Å². The summed E-state index contributed by atoms with van der Waals surface area (Å²) in [5.74, 6) is -0.107. The van der Waals surface area contributed by atoms with Crippen molar-refractivity contribution >= 4 is 18.5 Å². The second kappa shape index (κ2) is 5.50. The van der Waals surface area contributed by atoms with E-state index in [0.29, 0.717) is 12.1 Å². The number of carbonyl (C=O) groups is 1. The average Bonchev–Trinajstić information content (AvgIpc) is 2.37. The van der Waals surface area contributed by atoms with Crippen molar-refractivity contribution in [1.82, 2.24) is 10.3 Å². The summed E-state index contributed by atoms with van der Waals surface area (Å²) in [6, 6.07) is 10.9. The van der Waals surface area contributed by atoms with Crippen molar-refractivity contribution in [2.24, 2.45) is 0 Å². The maximum Gasteiger partial charge on any atom is 0.251 e. The van der Waals surface area contributed by atoms with E-state index in [9.17, 15) is 4.79 Å². The lowest BCUT2D eigenvalue weighted by atomic mass is 10.2. The molecule has 1 aromatic carbocycles. The van der Waals surface area contributed by atoms with Crippen molar-refractivity contribution in [3.05, 3.63) is 59.9 Å². The number of aromatic nitrogens is 1. The Balaban J connectivity index is 1.98. The number of hydrogen-bond acceptors (Lipinski definition) is 3. The molecule has 0 bridgehead atoms. The molecule has 0 unspecified atom stereocenters. The van der Waals surface area contributed by atoms with Crippen molar-refractivity contribution in [3.8, 4) is 0 Å². The highest BCUT2D eigenvalue weighted by molar-refractivity contribution is 7.80. The SMILES string of the molecule is O=C(NCc1cccnc1)c1cccc(S)c1. The topological polar surface area (TPSA) is 42.0 Å². The highest BCUT2D eigenvalue weighted by Gasteiger charge is 2.04. The van der Waals surface area contributed by atoms with Crippen LogP contribution < -0.4 is 5.32 Å². The summed E-state index contributed by atoms with van der Waals surface area (Å²) in [5.41, 5.74) is 1.59. The number of hydrogen-bond donors (Lipinski definition) is 2. The number of carbonyl (C=O) groups excluding carboxylic acids is 1. The van der Waals surface area contributed by atoms with Gasteiger partial charge in [-0.15, -0.1) is 12.6 Å². The van der Waals surface area contributed by atoms with Crippen LogP contribution in [0.4, 0.5) is 0 Å². The Bertz CT molecular complexity index is 514. The van der Waals surface area contributed by atoms with Crippen LogP contribution in [0.15, 0.2) is 53.7 Å². The first-order valence-electron chi connectivity index (χ1n) is 5.22. The first-order chi connectivity index (χ1) is 8.25. The Labute approximate surface area is 105 Å². The summed E-state index contributed by atoms with van der Waals surface area (Å²) < 4.78 is 0. The number of amides is 1. The van der Waals surface area contributed by atoms with Crippen LogP contribution in [0.2, 0.25) is 0 Å². The van der Waals surface area contributed by atoms with E-state index in [-0.39, 0.29) is 5.91 Å². The van der Waals surface area contributed by atoms with Crippen LogP contribution in [0.3, 0.4) is 0 Å². The van der Waals surface area contributed by atoms with Crippen molar-refractivity contribution in [2.45, 2.75) is 11.4 Å². The second-order valence-corrected chi connectivity index (χ2v) is 4.11. The van der Waals surface area contributed by atoms with Gasteiger partial charge in [0.25, 0.3) is 5.91 Å². The molecule has 0 aliphatic carbocycles. The molecule has 3 nitrogen and oxygen atoms in total. The molecule has 1 aromatic heterocycles. The van der Waals surface area contributed by atoms with Crippen LogP contribution in [0.1, 0.15) is 15.9 Å². The van der Waals surface area contributed by atoms with Gasteiger partial charge >= 0.3 is 0 Å². The zero-order chi connectivity index (χ0) is 12.1. The van der Waals surface area contributed by atoms with Crippen LogP contribution in [0.5, 0.6) is 0 Å². The van der Waals surface area contributed by atoms with Gasteiger partial charge in [0.1, 0.15) is 0 Å². The molecular weight excluding hydrogens is 232 g/mol. The Kier molecular flexibility index (Phi) is 3.77. The average molecular weight is 244 g/mol. The molecule has 0 aliphatic heterocycles. The molecule has 0 saturated heterocycles.